The second kappa shape index (κ2) is 4.51. The molecule has 0 unspecified atom stereocenters. The van der Waals surface area contributed by atoms with Gasteiger partial charge in [-0.15, -0.1) is 0 Å². The number of hydrogen-bond donors (Lipinski definition) is 0. The van der Waals surface area contributed by atoms with Crippen molar-refractivity contribution < 1.29 is 8.78 Å². The summed E-state index contributed by atoms with van der Waals surface area (Å²) in [5.41, 5.74) is 0. The monoisotopic (exact) mass is 197 g/mol. The van der Waals surface area contributed by atoms with Gasteiger partial charge >= 0.3 is 0 Å². The highest BCUT2D eigenvalue weighted by molar-refractivity contribution is 5.38. The molecule has 1 heterocycles. The van der Waals surface area contributed by atoms with Gasteiger partial charge in [-0.2, -0.15) is 5.26 Å². The summed E-state index contributed by atoms with van der Waals surface area (Å²) in [5, 5.41) is 8.32. The van der Waals surface area contributed by atoms with Crippen LogP contribution in [0.2, 0.25) is 0 Å². The number of pyridine rings is 1. The lowest BCUT2D eigenvalue weighted by Gasteiger charge is -2.16. The van der Waals surface area contributed by atoms with Gasteiger partial charge in [0, 0.05) is 19.7 Å². The van der Waals surface area contributed by atoms with Gasteiger partial charge in [0.1, 0.15) is 5.82 Å². The summed E-state index contributed by atoms with van der Waals surface area (Å²) in [6.07, 6.45) is 1.22. The van der Waals surface area contributed by atoms with Crippen LogP contribution < -0.4 is 4.90 Å². The lowest BCUT2D eigenvalue weighted by molar-refractivity contribution is 0.570. The first-order chi connectivity index (χ1) is 6.65. The van der Waals surface area contributed by atoms with E-state index in [-0.39, 0.29) is 12.2 Å². The summed E-state index contributed by atoms with van der Waals surface area (Å²) in [7, 11) is 1.60. The van der Waals surface area contributed by atoms with Gasteiger partial charge in [0.05, 0.1) is 18.7 Å². The summed E-state index contributed by atoms with van der Waals surface area (Å²) in [4.78, 5) is 5.07. The third-order valence-corrected chi connectivity index (χ3v) is 1.71. The molecule has 0 bridgehead atoms. The molecule has 0 fully saturated rings. The fourth-order valence-corrected chi connectivity index (χ4v) is 1.01. The largest absolute Gasteiger partial charge is 0.356 e. The average molecular weight is 197 g/mol. The van der Waals surface area contributed by atoms with Crippen LogP contribution in [0, 0.1) is 23.0 Å². The molecule has 0 aliphatic carbocycles. The Balaban J connectivity index is 2.80. The maximum absolute atomic E-state index is 13.1. The maximum atomic E-state index is 13.1. The highest BCUT2D eigenvalue weighted by Gasteiger charge is 2.09. The van der Waals surface area contributed by atoms with E-state index in [1.807, 2.05) is 6.07 Å². The van der Waals surface area contributed by atoms with Crippen molar-refractivity contribution in [3.8, 4) is 6.07 Å². The van der Waals surface area contributed by atoms with Crippen molar-refractivity contribution in [2.75, 3.05) is 18.5 Å². The van der Waals surface area contributed by atoms with Gasteiger partial charge in [-0.05, 0) is 0 Å². The van der Waals surface area contributed by atoms with E-state index >= 15 is 0 Å². The Hall–Kier alpha value is -1.70. The van der Waals surface area contributed by atoms with E-state index in [2.05, 4.69) is 4.98 Å². The van der Waals surface area contributed by atoms with E-state index in [0.717, 1.165) is 12.3 Å². The summed E-state index contributed by atoms with van der Waals surface area (Å²) in [5.74, 6) is -1.37. The number of aromatic nitrogens is 1. The zero-order valence-electron chi connectivity index (χ0n) is 7.67. The van der Waals surface area contributed by atoms with Gasteiger partial charge in [-0.25, -0.2) is 13.8 Å². The Morgan fingerprint density at radius 2 is 2.29 bits per heavy atom. The molecule has 1 aromatic heterocycles. The van der Waals surface area contributed by atoms with Crippen molar-refractivity contribution in [3.63, 3.8) is 0 Å². The van der Waals surface area contributed by atoms with Crippen LogP contribution in [0.1, 0.15) is 6.42 Å². The minimum atomic E-state index is -0.717. The molecule has 0 aromatic carbocycles. The summed E-state index contributed by atoms with van der Waals surface area (Å²) in [6, 6.07) is 2.70. The summed E-state index contributed by atoms with van der Waals surface area (Å²) >= 11 is 0. The smallest absolute Gasteiger partial charge is 0.168 e. The van der Waals surface area contributed by atoms with Crippen molar-refractivity contribution in [2.24, 2.45) is 0 Å². The zero-order chi connectivity index (χ0) is 10.6. The van der Waals surface area contributed by atoms with E-state index in [4.69, 9.17) is 5.26 Å². The molecule has 0 aliphatic heterocycles. The van der Waals surface area contributed by atoms with Gasteiger partial charge in [0.2, 0.25) is 0 Å². The normalized spacial score (nSPS) is 9.57. The molecule has 0 radical (unpaired) electrons. The molecule has 0 atom stereocenters. The van der Waals surface area contributed by atoms with E-state index < -0.39 is 11.6 Å². The van der Waals surface area contributed by atoms with Crippen LogP contribution in [0.3, 0.4) is 0 Å². The van der Waals surface area contributed by atoms with Crippen LogP contribution in [0.25, 0.3) is 0 Å². The molecule has 74 valence electrons. The SMILES string of the molecule is CN(CCC#N)c1ncc(F)cc1F. The Labute approximate surface area is 80.6 Å². The molecule has 0 spiro atoms. The zero-order valence-corrected chi connectivity index (χ0v) is 7.67. The molecule has 0 aliphatic rings. The first-order valence-electron chi connectivity index (χ1n) is 4.04. The van der Waals surface area contributed by atoms with Crippen LogP contribution in [-0.4, -0.2) is 18.6 Å². The van der Waals surface area contributed by atoms with Crippen molar-refractivity contribution in [1.29, 1.82) is 5.26 Å². The maximum Gasteiger partial charge on any atom is 0.168 e. The Bertz CT molecular complexity index is 360. The number of nitriles is 1. The minimum absolute atomic E-state index is 0.0571. The fourth-order valence-electron chi connectivity index (χ4n) is 1.01. The van der Waals surface area contributed by atoms with Crippen LogP contribution in [0.4, 0.5) is 14.6 Å². The number of nitrogens with zero attached hydrogens (tertiary/aromatic N) is 3. The molecular formula is C9H9F2N3. The van der Waals surface area contributed by atoms with E-state index in [0.29, 0.717) is 6.54 Å². The van der Waals surface area contributed by atoms with Gasteiger partial charge in [0.25, 0.3) is 0 Å². The lowest BCUT2D eigenvalue weighted by Crippen LogP contribution is -2.20. The summed E-state index contributed by atoms with van der Waals surface area (Å²) < 4.78 is 25.6. The third kappa shape index (κ3) is 2.39. The molecule has 0 saturated heterocycles. The second-order valence-electron chi connectivity index (χ2n) is 2.79. The molecule has 0 amide bonds. The standard InChI is InChI=1S/C9H9F2N3/c1-14(4-2-3-12)9-8(11)5-7(10)6-13-9/h5-6H,2,4H2,1H3. The number of anilines is 1. The van der Waals surface area contributed by atoms with Crippen molar-refractivity contribution in [1.82, 2.24) is 4.98 Å². The Kier molecular flexibility index (Phi) is 3.35. The van der Waals surface area contributed by atoms with Crippen LogP contribution in [0.5, 0.6) is 0 Å². The fraction of sp³-hybridized carbons (Fsp3) is 0.333. The van der Waals surface area contributed by atoms with Gasteiger partial charge in [-0.1, -0.05) is 0 Å². The molecule has 0 saturated carbocycles. The molecule has 1 rings (SSSR count). The predicted octanol–water partition coefficient (Wildman–Crippen LogP) is 1.71. The van der Waals surface area contributed by atoms with Gasteiger partial charge in [0.15, 0.2) is 11.6 Å². The van der Waals surface area contributed by atoms with E-state index in [1.165, 1.54) is 4.90 Å². The molecule has 0 N–H and O–H groups in total. The highest BCUT2D eigenvalue weighted by Crippen LogP contribution is 2.14. The van der Waals surface area contributed by atoms with Crippen molar-refractivity contribution >= 4 is 5.82 Å². The predicted molar refractivity (Wildman–Crippen MR) is 47.7 cm³/mol. The second-order valence-corrected chi connectivity index (χ2v) is 2.79. The third-order valence-electron chi connectivity index (χ3n) is 1.71. The quantitative estimate of drug-likeness (QED) is 0.740. The summed E-state index contributed by atoms with van der Waals surface area (Å²) in [6.45, 7) is 0.367. The van der Waals surface area contributed by atoms with Crippen molar-refractivity contribution in [2.45, 2.75) is 6.42 Å². The Morgan fingerprint density at radius 1 is 1.57 bits per heavy atom. The number of hydrogen-bond acceptors (Lipinski definition) is 3. The molecule has 14 heavy (non-hydrogen) atoms. The topological polar surface area (TPSA) is 39.9 Å². The van der Waals surface area contributed by atoms with Crippen LogP contribution >= 0.6 is 0 Å². The molecule has 1 aromatic rings. The van der Waals surface area contributed by atoms with E-state index in [9.17, 15) is 8.78 Å². The average Bonchev–Trinajstić information content (AvgIpc) is 2.14. The number of halogens is 2. The molecular weight excluding hydrogens is 188 g/mol. The highest BCUT2D eigenvalue weighted by atomic mass is 19.1. The van der Waals surface area contributed by atoms with Gasteiger partial charge in [-0.3, -0.25) is 0 Å². The van der Waals surface area contributed by atoms with Crippen LogP contribution in [0.15, 0.2) is 12.3 Å². The Morgan fingerprint density at radius 3 is 2.86 bits per heavy atom. The van der Waals surface area contributed by atoms with Crippen molar-refractivity contribution in [3.05, 3.63) is 23.9 Å². The molecule has 5 heteroatoms. The molecule has 3 nitrogen and oxygen atoms in total. The van der Waals surface area contributed by atoms with Crippen LogP contribution in [-0.2, 0) is 0 Å². The van der Waals surface area contributed by atoms with E-state index in [1.54, 1.807) is 7.05 Å². The lowest BCUT2D eigenvalue weighted by atomic mass is 10.3. The number of rotatable bonds is 3. The first kappa shape index (κ1) is 10.4. The first-order valence-corrected chi connectivity index (χ1v) is 4.04. The van der Waals surface area contributed by atoms with Gasteiger partial charge < -0.3 is 4.90 Å². The minimum Gasteiger partial charge on any atom is -0.356 e.